The molecule has 32 heavy (non-hydrogen) atoms. The molecular formula is C25H33N3O4. The van der Waals surface area contributed by atoms with Gasteiger partial charge in [0.15, 0.2) is 6.61 Å². The van der Waals surface area contributed by atoms with Gasteiger partial charge in [-0.2, -0.15) is 0 Å². The molecule has 1 N–H and O–H groups in total. The van der Waals surface area contributed by atoms with E-state index < -0.39 is 0 Å². The molecule has 1 saturated heterocycles. The van der Waals surface area contributed by atoms with Crippen LogP contribution in [0.3, 0.4) is 0 Å². The Kier molecular flexibility index (Phi) is 8.50. The van der Waals surface area contributed by atoms with Crippen molar-refractivity contribution >= 4 is 17.5 Å². The largest absolute Gasteiger partial charge is 0.494 e. The van der Waals surface area contributed by atoms with E-state index in [1.807, 2.05) is 56.3 Å². The Bertz CT molecular complexity index is 886. The van der Waals surface area contributed by atoms with Crippen molar-refractivity contribution in [2.45, 2.75) is 27.2 Å². The van der Waals surface area contributed by atoms with Gasteiger partial charge in [0.25, 0.3) is 5.91 Å². The summed E-state index contributed by atoms with van der Waals surface area (Å²) >= 11 is 0. The van der Waals surface area contributed by atoms with E-state index in [0.717, 1.165) is 29.0 Å². The zero-order chi connectivity index (χ0) is 22.9. The highest BCUT2D eigenvalue weighted by atomic mass is 16.5. The first kappa shape index (κ1) is 23.6. The second kappa shape index (κ2) is 11.5. The minimum absolute atomic E-state index is 0.00219. The number of anilines is 1. The molecule has 0 aliphatic carbocycles. The van der Waals surface area contributed by atoms with E-state index >= 15 is 0 Å². The van der Waals surface area contributed by atoms with Crippen LogP contribution in [-0.2, 0) is 9.59 Å². The standard InChI is InChI=1S/C25H33N3O4/c1-4-16-31-21-8-10-22(11-9-21)32-18-24(30)28-14-12-27(13-15-28)17-23(29)26-25-19(2)6-5-7-20(25)3/h5-11H,4,12-18H2,1-3H3,(H,26,29). The Balaban J connectivity index is 1.39. The summed E-state index contributed by atoms with van der Waals surface area (Å²) in [5, 5.41) is 3.02. The van der Waals surface area contributed by atoms with Gasteiger partial charge in [-0.15, -0.1) is 0 Å². The Morgan fingerprint density at radius 2 is 1.50 bits per heavy atom. The molecule has 1 aliphatic rings. The summed E-state index contributed by atoms with van der Waals surface area (Å²) in [6.07, 6.45) is 0.955. The summed E-state index contributed by atoms with van der Waals surface area (Å²) in [6, 6.07) is 13.3. The highest BCUT2D eigenvalue weighted by Crippen LogP contribution is 2.20. The number of amides is 2. The Morgan fingerprint density at radius 1 is 0.906 bits per heavy atom. The average molecular weight is 440 g/mol. The first-order chi connectivity index (χ1) is 15.5. The second-order valence-corrected chi connectivity index (χ2v) is 8.08. The first-order valence-electron chi connectivity index (χ1n) is 11.2. The molecule has 7 heteroatoms. The normalized spacial score (nSPS) is 14.2. The fourth-order valence-corrected chi connectivity index (χ4v) is 3.64. The van der Waals surface area contributed by atoms with E-state index in [2.05, 4.69) is 17.1 Å². The van der Waals surface area contributed by atoms with Gasteiger partial charge in [0, 0.05) is 31.9 Å². The molecule has 3 rings (SSSR count). The van der Waals surface area contributed by atoms with Crippen molar-refractivity contribution in [3.8, 4) is 11.5 Å². The number of benzene rings is 2. The van der Waals surface area contributed by atoms with E-state index in [9.17, 15) is 9.59 Å². The highest BCUT2D eigenvalue weighted by Gasteiger charge is 2.23. The minimum atomic E-state index is -0.0454. The van der Waals surface area contributed by atoms with Crippen molar-refractivity contribution in [3.05, 3.63) is 53.6 Å². The second-order valence-electron chi connectivity index (χ2n) is 8.08. The van der Waals surface area contributed by atoms with Crippen LogP contribution in [0.4, 0.5) is 5.69 Å². The predicted molar refractivity (Wildman–Crippen MR) is 125 cm³/mol. The maximum Gasteiger partial charge on any atom is 0.260 e. The van der Waals surface area contributed by atoms with Gasteiger partial charge in [0.2, 0.25) is 5.91 Å². The number of carbonyl (C=O) groups is 2. The van der Waals surface area contributed by atoms with Gasteiger partial charge < -0.3 is 19.7 Å². The average Bonchev–Trinajstić information content (AvgIpc) is 2.80. The Labute approximate surface area is 190 Å². The van der Waals surface area contributed by atoms with Crippen LogP contribution in [0.2, 0.25) is 0 Å². The molecule has 2 amide bonds. The summed E-state index contributed by atoms with van der Waals surface area (Å²) in [5.74, 6) is 1.36. The summed E-state index contributed by atoms with van der Waals surface area (Å²) in [7, 11) is 0. The zero-order valence-electron chi connectivity index (χ0n) is 19.2. The quantitative estimate of drug-likeness (QED) is 0.650. The van der Waals surface area contributed by atoms with Crippen LogP contribution in [0, 0.1) is 13.8 Å². The van der Waals surface area contributed by atoms with Gasteiger partial charge in [-0.25, -0.2) is 0 Å². The van der Waals surface area contributed by atoms with Crippen molar-refractivity contribution < 1.29 is 19.1 Å². The molecule has 172 valence electrons. The number of piperazine rings is 1. The lowest BCUT2D eigenvalue weighted by Gasteiger charge is -2.34. The smallest absolute Gasteiger partial charge is 0.260 e. The summed E-state index contributed by atoms with van der Waals surface area (Å²) < 4.78 is 11.2. The van der Waals surface area contributed by atoms with Crippen molar-refractivity contribution in [3.63, 3.8) is 0 Å². The van der Waals surface area contributed by atoms with Crippen LogP contribution in [0.25, 0.3) is 0 Å². The Hall–Kier alpha value is -3.06. The molecule has 0 bridgehead atoms. The molecule has 0 saturated carbocycles. The number of rotatable bonds is 9. The maximum absolute atomic E-state index is 12.5. The number of aryl methyl sites for hydroxylation is 2. The predicted octanol–water partition coefficient (Wildman–Crippen LogP) is 3.25. The van der Waals surface area contributed by atoms with Crippen molar-refractivity contribution in [2.24, 2.45) is 0 Å². The van der Waals surface area contributed by atoms with Crippen molar-refractivity contribution in [1.82, 2.24) is 9.80 Å². The Morgan fingerprint density at radius 3 is 2.09 bits per heavy atom. The molecular weight excluding hydrogens is 406 g/mol. The van der Waals surface area contributed by atoms with Crippen molar-refractivity contribution in [2.75, 3.05) is 51.3 Å². The summed E-state index contributed by atoms with van der Waals surface area (Å²) in [6.45, 7) is 9.53. The molecule has 7 nitrogen and oxygen atoms in total. The van der Waals surface area contributed by atoms with Gasteiger partial charge in [-0.1, -0.05) is 25.1 Å². The number of para-hydroxylation sites is 1. The van der Waals surface area contributed by atoms with E-state index in [4.69, 9.17) is 9.47 Å². The molecule has 0 unspecified atom stereocenters. The number of nitrogens with one attached hydrogen (secondary N) is 1. The molecule has 1 aliphatic heterocycles. The minimum Gasteiger partial charge on any atom is -0.494 e. The maximum atomic E-state index is 12.5. The molecule has 0 spiro atoms. The fourth-order valence-electron chi connectivity index (χ4n) is 3.64. The zero-order valence-corrected chi connectivity index (χ0v) is 19.2. The third kappa shape index (κ3) is 6.72. The number of nitrogens with zero attached hydrogens (tertiary/aromatic N) is 2. The molecule has 2 aromatic carbocycles. The lowest BCUT2D eigenvalue weighted by molar-refractivity contribution is -0.135. The van der Waals surface area contributed by atoms with Gasteiger partial charge >= 0.3 is 0 Å². The summed E-state index contributed by atoms with van der Waals surface area (Å²) in [4.78, 5) is 28.8. The van der Waals surface area contributed by atoms with E-state index in [-0.39, 0.29) is 18.4 Å². The van der Waals surface area contributed by atoms with Crippen LogP contribution < -0.4 is 14.8 Å². The van der Waals surface area contributed by atoms with Crippen LogP contribution in [0.15, 0.2) is 42.5 Å². The summed E-state index contributed by atoms with van der Waals surface area (Å²) in [5.41, 5.74) is 2.99. The molecule has 1 fully saturated rings. The molecule has 1 heterocycles. The highest BCUT2D eigenvalue weighted by molar-refractivity contribution is 5.93. The third-order valence-corrected chi connectivity index (χ3v) is 5.50. The lowest BCUT2D eigenvalue weighted by Crippen LogP contribution is -2.51. The topological polar surface area (TPSA) is 71.1 Å². The lowest BCUT2D eigenvalue weighted by atomic mass is 10.1. The third-order valence-electron chi connectivity index (χ3n) is 5.50. The number of carbonyl (C=O) groups excluding carboxylic acids is 2. The number of hydrogen-bond donors (Lipinski definition) is 1. The fraction of sp³-hybridized carbons (Fsp3) is 0.440. The van der Waals surface area contributed by atoms with E-state index in [0.29, 0.717) is 45.1 Å². The van der Waals surface area contributed by atoms with Gasteiger partial charge in [0.05, 0.1) is 13.2 Å². The van der Waals surface area contributed by atoms with Crippen LogP contribution in [-0.4, -0.2) is 67.6 Å². The van der Waals surface area contributed by atoms with Gasteiger partial charge in [-0.05, 0) is 55.7 Å². The van der Waals surface area contributed by atoms with E-state index in [1.54, 1.807) is 4.90 Å². The van der Waals surface area contributed by atoms with Gasteiger partial charge in [-0.3, -0.25) is 14.5 Å². The van der Waals surface area contributed by atoms with E-state index in [1.165, 1.54) is 0 Å². The van der Waals surface area contributed by atoms with Crippen LogP contribution in [0.1, 0.15) is 24.5 Å². The van der Waals surface area contributed by atoms with Crippen LogP contribution in [0.5, 0.6) is 11.5 Å². The van der Waals surface area contributed by atoms with Crippen LogP contribution >= 0.6 is 0 Å². The first-order valence-corrected chi connectivity index (χ1v) is 11.2. The van der Waals surface area contributed by atoms with Gasteiger partial charge in [0.1, 0.15) is 11.5 Å². The number of hydrogen-bond acceptors (Lipinski definition) is 5. The monoisotopic (exact) mass is 439 g/mol. The molecule has 0 radical (unpaired) electrons. The van der Waals surface area contributed by atoms with Crippen molar-refractivity contribution in [1.29, 1.82) is 0 Å². The molecule has 0 atom stereocenters. The molecule has 2 aromatic rings. The SMILES string of the molecule is CCCOc1ccc(OCC(=O)N2CCN(CC(=O)Nc3c(C)cccc3C)CC2)cc1. The molecule has 0 aromatic heterocycles. The number of ether oxygens (including phenoxy) is 2.